The number of nitrogens with zero attached hydrogens (tertiary/aromatic N) is 2. The molecule has 6 nitrogen and oxygen atoms in total. The van der Waals surface area contributed by atoms with Crippen LogP contribution >= 0.6 is 0 Å². The standard InChI is InChI=1S/C21H35FN4O2S/c1-4-23-21(25-17(2)11-14-29(3,27)28)24-15-18-9-12-26(13-10-18)16-19-7-5-6-8-20(19)22/h5-8,17-18H,4,9-16H2,1-3H3,(H2,23,24,25). The van der Waals surface area contributed by atoms with Gasteiger partial charge in [-0.15, -0.1) is 0 Å². The lowest BCUT2D eigenvalue weighted by Crippen LogP contribution is -2.43. The normalized spacial score (nSPS) is 17.9. The Morgan fingerprint density at radius 1 is 1.31 bits per heavy atom. The third kappa shape index (κ3) is 9.12. The molecule has 1 saturated heterocycles. The highest BCUT2D eigenvalue weighted by Crippen LogP contribution is 2.20. The molecule has 1 fully saturated rings. The van der Waals surface area contributed by atoms with Crippen molar-refractivity contribution in [1.82, 2.24) is 15.5 Å². The van der Waals surface area contributed by atoms with Gasteiger partial charge in [-0.1, -0.05) is 18.2 Å². The van der Waals surface area contributed by atoms with E-state index < -0.39 is 9.84 Å². The summed E-state index contributed by atoms with van der Waals surface area (Å²) in [7, 11) is -2.96. The van der Waals surface area contributed by atoms with Crippen LogP contribution in [0.4, 0.5) is 4.39 Å². The minimum Gasteiger partial charge on any atom is -0.357 e. The smallest absolute Gasteiger partial charge is 0.191 e. The van der Waals surface area contributed by atoms with Gasteiger partial charge in [-0.3, -0.25) is 9.89 Å². The molecule has 1 aliphatic rings. The predicted molar refractivity (Wildman–Crippen MR) is 117 cm³/mol. The molecule has 1 aliphatic heterocycles. The Kier molecular flexibility index (Phi) is 9.36. The second-order valence-electron chi connectivity index (χ2n) is 7.99. The zero-order valence-electron chi connectivity index (χ0n) is 17.8. The van der Waals surface area contributed by atoms with E-state index in [0.29, 0.717) is 18.9 Å². The summed E-state index contributed by atoms with van der Waals surface area (Å²) in [6, 6.07) is 7.01. The zero-order chi connectivity index (χ0) is 21.3. The SMILES string of the molecule is CCNC(=NCC1CCN(Cc2ccccc2F)CC1)NC(C)CCS(C)(=O)=O. The Balaban J connectivity index is 1.79. The Morgan fingerprint density at radius 3 is 2.62 bits per heavy atom. The first-order chi connectivity index (χ1) is 13.8. The molecule has 8 heteroatoms. The number of aliphatic imine (C=N–C) groups is 1. The third-order valence-corrected chi connectivity index (χ3v) is 6.19. The minimum atomic E-state index is -2.96. The van der Waals surface area contributed by atoms with Crippen molar-refractivity contribution >= 4 is 15.8 Å². The average Bonchev–Trinajstić information content (AvgIpc) is 2.67. The van der Waals surface area contributed by atoms with E-state index in [-0.39, 0.29) is 17.6 Å². The molecule has 0 aromatic heterocycles. The minimum absolute atomic E-state index is 0.0325. The molecular weight excluding hydrogens is 391 g/mol. The van der Waals surface area contributed by atoms with Crippen LogP contribution in [0.15, 0.2) is 29.3 Å². The summed E-state index contributed by atoms with van der Waals surface area (Å²) in [6.45, 7) is 8.03. The summed E-state index contributed by atoms with van der Waals surface area (Å²) in [5.74, 6) is 1.28. The summed E-state index contributed by atoms with van der Waals surface area (Å²) < 4.78 is 36.5. The van der Waals surface area contributed by atoms with Gasteiger partial charge in [0, 0.05) is 37.5 Å². The first-order valence-electron chi connectivity index (χ1n) is 10.4. The molecule has 0 amide bonds. The molecule has 29 heavy (non-hydrogen) atoms. The van der Waals surface area contributed by atoms with Gasteiger partial charge < -0.3 is 10.6 Å². The van der Waals surface area contributed by atoms with Gasteiger partial charge >= 0.3 is 0 Å². The second kappa shape index (κ2) is 11.5. The molecule has 1 unspecified atom stereocenters. The van der Waals surface area contributed by atoms with E-state index >= 15 is 0 Å². The van der Waals surface area contributed by atoms with Gasteiger partial charge in [-0.25, -0.2) is 12.8 Å². The third-order valence-electron chi connectivity index (χ3n) is 5.22. The average molecular weight is 427 g/mol. The van der Waals surface area contributed by atoms with Crippen LogP contribution in [-0.4, -0.2) is 63.5 Å². The van der Waals surface area contributed by atoms with Crippen molar-refractivity contribution in [3.05, 3.63) is 35.6 Å². The predicted octanol–water partition coefficient (Wildman–Crippen LogP) is 2.42. The van der Waals surface area contributed by atoms with Crippen molar-refractivity contribution in [2.45, 2.75) is 45.7 Å². The molecule has 2 N–H and O–H groups in total. The van der Waals surface area contributed by atoms with E-state index in [9.17, 15) is 12.8 Å². The lowest BCUT2D eigenvalue weighted by atomic mass is 9.96. The lowest BCUT2D eigenvalue weighted by Gasteiger charge is -2.31. The van der Waals surface area contributed by atoms with E-state index in [2.05, 4.69) is 15.5 Å². The number of halogens is 1. The fourth-order valence-electron chi connectivity index (χ4n) is 3.43. The van der Waals surface area contributed by atoms with Crippen molar-refractivity contribution < 1.29 is 12.8 Å². The van der Waals surface area contributed by atoms with E-state index in [0.717, 1.165) is 50.5 Å². The summed E-state index contributed by atoms with van der Waals surface area (Å²) in [5.41, 5.74) is 0.755. The molecule has 1 aromatic rings. The fourth-order valence-corrected chi connectivity index (χ4v) is 4.21. The topological polar surface area (TPSA) is 73.8 Å². The Morgan fingerprint density at radius 2 is 2.00 bits per heavy atom. The molecule has 1 aromatic carbocycles. The second-order valence-corrected chi connectivity index (χ2v) is 10.3. The maximum atomic E-state index is 13.8. The van der Waals surface area contributed by atoms with Gasteiger partial charge in [0.2, 0.25) is 0 Å². The number of piperidine rings is 1. The molecule has 1 atom stereocenters. The van der Waals surface area contributed by atoms with E-state index in [1.807, 2.05) is 26.0 Å². The fraction of sp³-hybridized carbons (Fsp3) is 0.667. The van der Waals surface area contributed by atoms with Gasteiger partial charge in [0.25, 0.3) is 0 Å². The maximum Gasteiger partial charge on any atom is 0.191 e. The molecule has 0 bridgehead atoms. The lowest BCUT2D eigenvalue weighted by molar-refractivity contribution is 0.179. The van der Waals surface area contributed by atoms with E-state index in [1.165, 1.54) is 12.3 Å². The Bertz CT molecular complexity index is 762. The first kappa shape index (κ1) is 23.6. The van der Waals surface area contributed by atoms with Gasteiger partial charge in [-0.05, 0) is 58.2 Å². The van der Waals surface area contributed by atoms with Crippen LogP contribution in [0, 0.1) is 11.7 Å². The van der Waals surface area contributed by atoms with Crippen molar-refractivity contribution in [2.75, 3.05) is 38.2 Å². The monoisotopic (exact) mass is 426 g/mol. The van der Waals surface area contributed by atoms with Gasteiger partial charge in [-0.2, -0.15) is 0 Å². The van der Waals surface area contributed by atoms with Crippen molar-refractivity contribution in [3.63, 3.8) is 0 Å². The van der Waals surface area contributed by atoms with Crippen LogP contribution in [0.2, 0.25) is 0 Å². The van der Waals surface area contributed by atoms with E-state index in [1.54, 1.807) is 6.07 Å². The molecule has 2 rings (SSSR count). The van der Waals surface area contributed by atoms with Gasteiger partial charge in [0.15, 0.2) is 5.96 Å². The Hall–Kier alpha value is -1.67. The number of guanidine groups is 1. The number of benzene rings is 1. The molecule has 164 valence electrons. The quantitative estimate of drug-likeness (QED) is 0.469. The molecule has 0 aliphatic carbocycles. The Labute approximate surface area is 174 Å². The van der Waals surface area contributed by atoms with Crippen LogP contribution in [0.5, 0.6) is 0 Å². The maximum absolute atomic E-state index is 13.8. The zero-order valence-corrected chi connectivity index (χ0v) is 18.6. The number of rotatable bonds is 9. The van der Waals surface area contributed by atoms with E-state index in [4.69, 9.17) is 4.99 Å². The highest BCUT2D eigenvalue weighted by molar-refractivity contribution is 7.90. The van der Waals surface area contributed by atoms with Crippen molar-refractivity contribution in [3.8, 4) is 0 Å². The molecular formula is C21H35FN4O2S. The van der Waals surface area contributed by atoms with Crippen LogP contribution in [0.3, 0.4) is 0 Å². The highest BCUT2D eigenvalue weighted by Gasteiger charge is 2.20. The summed E-state index contributed by atoms with van der Waals surface area (Å²) in [6.07, 6.45) is 3.90. The number of sulfone groups is 1. The molecule has 0 saturated carbocycles. The summed E-state index contributed by atoms with van der Waals surface area (Å²) in [5, 5.41) is 6.54. The van der Waals surface area contributed by atoms with Crippen LogP contribution in [0.1, 0.15) is 38.7 Å². The van der Waals surface area contributed by atoms with Crippen LogP contribution in [-0.2, 0) is 16.4 Å². The van der Waals surface area contributed by atoms with Gasteiger partial charge in [0.05, 0.1) is 5.75 Å². The molecule has 0 radical (unpaired) electrons. The number of likely N-dealkylation sites (tertiary alicyclic amines) is 1. The molecule has 1 heterocycles. The number of hydrogen-bond acceptors (Lipinski definition) is 4. The van der Waals surface area contributed by atoms with Crippen molar-refractivity contribution in [1.29, 1.82) is 0 Å². The van der Waals surface area contributed by atoms with Crippen molar-refractivity contribution in [2.24, 2.45) is 10.9 Å². The number of hydrogen-bond donors (Lipinski definition) is 2. The largest absolute Gasteiger partial charge is 0.357 e. The molecule has 0 spiro atoms. The summed E-state index contributed by atoms with van der Waals surface area (Å²) >= 11 is 0. The number of nitrogens with one attached hydrogen (secondary N) is 2. The van der Waals surface area contributed by atoms with Crippen LogP contribution in [0.25, 0.3) is 0 Å². The van der Waals surface area contributed by atoms with Gasteiger partial charge in [0.1, 0.15) is 15.7 Å². The summed E-state index contributed by atoms with van der Waals surface area (Å²) in [4.78, 5) is 7.01. The first-order valence-corrected chi connectivity index (χ1v) is 12.5. The van der Waals surface area contributed by atoms with Crippen LogP contribution < -0.4 is 10.6 Å². The highest BCUT2D eigenvalue weighted by atomic mass is 32.2.